The number of alkyl halides is 2. The van der Waals surface area contributed by atoms with Gasteiger partial charge in [0, 0.05) is 13.1 Å². The molecule has 104 valence electrons. The van der Waals surface area contributed by atoms with Gasteiger partial charge in [0.15, 0.2) is 0 Å². The molecule has 0 radical (unpaired) electrons. The zero-order valence-corrected chi connectivity index (χ0v) is 10.1. The molecule has 0 saturated carbocycles. The van der Waals surface area contributed by atoms with Gasteiger partial charge in [0.25, 0.3) is 5.91 Å². The number of hydrogen-bond donors (Lipinski definition) is 2. The number of benzene rings is 1. The molecule has 1 aliphatic rings. The number of nitrogens with one attached hydrogen (secondary N) is 2. The number of amides is 1. The van der Waals surface area contributed by atoms with Crippen LogP contribution < -0.4 is 15.4 Å². The van der Waals surface area contributed by atoms with Gasteiger partial charge in [0.1, 0.15) is 11.9 Å². The third kappa shape index (κ3) is 3.87. The second-order valence-corrected chi connectivity index (χ2v) is 3.93. The van der Waals surface area contributed by atoms with Crippen molar-refractivity contribution in [2.24, 2.45) is 0 Å². The van der Waals surface area contributed by atoms with E-state index >= 15 is 0 Å². The van der Waals surface area contributed by atoms with Crippen LogP contribution in [0.5, 0.6) is 5.75 Å². The maximum atomic E-state index is 12.2. The Kier molecular flexibility index (Phi) is 4.64. The SMILES string of the molecule is O=C(Nc1ccccc1OC(F)F)C1CNCCO1. The van der Waals surface area contributed by atoms with Gasteiger partial charge in [0.05, 0.1) is 12.3 Å². The number of halogens is 2. The normalized spacial score (nSPS) is 19.2. The molecule has 1 aromatic rings. The van der Waals surface area contributed by atoms with Gasteiger partial charge in [-0.1, -0.05) is 12.1 Å². The molecule has 1 aromatic carbocycles. The van der Waals surface area contributed by atoms with Gasteiger partial charge < -0.3 is 20.1 Å². The third-order valence-corrected chi connectivity index (χ3v) is 2.58. The molecule has 2 N–H and O–H groups in total. The lowest BCUT2D eigenvalue weighted by Crippen LogP contribution is -2.45. The molecule has 0 spiro atoms. The minimum absolute atomic E-state index is 0.0744. The van der Waals surface area contributed by atoms with Gasteiger partial charge >= 0.3 is 6.61 Å². The molecule has 7 heteroatoms. The molecule has 19 heavy (non-hydrogen) atoms. The summed E-state index contributed by atoms with van der Waals surface area (Å²) in [4.78, 5) is 11.9. The Morgan fingerprint density at radius 1 is 1.47 bits per heavy atom. The lowest BCUT2D eigenvalue weighted by Gasteiger charge is -2.23. The van der Waals surface area contributed by atoms with Crippen molar-refractivity contribution >= 4 is 11.6 Å². The van der Waals surface area contributed by atoms with Gasteiger partial charge in [0.2, 0.25) is 0 Å². The average Bonchev–Trinajstić information content (AvgIpc) is 2.41. The zero-order chi connectivity index (χ0) is 13.7. The van der Waals surface area contributed by atoms with E-state index in [2.05, 4.69) is 15.4 Å². The lowest BCUT2D eigenvalue weighted by atomic mass is 10.2. The van der Waals surface area contributed by atoms with Crippen LogP contribution in [0.3, 0.4) is 0 Å². The van der Waals surface area contributed by atoms with Crippen molar-refractivity contribution < 1.29 is 23.0 Å². The Morgan fingerprint density at radius 3 is 2.95 bits per heavy atom. The molecule has 2 rings (SSSR count). The summed E-state index contributed by atoms with van der Waals surface area (Å²) < 4.78 is 34.0. The summed E-state index contributed by atoms with van der Waals surface area (Å²) in [5.74, 6) is -0.466. The maximum Gasteiger partial charge on any atom is 0.387 e. The Morgan fingerprint density at radius 2 is 2.26 bits per heavy atom. The van der Waals surface area contributed by atoms with Crippen molar-refractivity contribution in [3.8, 4) is 5.75 Å². The molecule has 1 fully saturated rings. The first-order valence-electron chi connectivity index (χ1n) is 5.84. The molecular weight excluding hydrogens is 258 g/mol. The monoisotopic (exact) mass is 272 g/mol. The highest BCUT2D eigenvalue weighted by atomic mass is 19.3. The van der Waals surface area contributed by atoms with E-state index in [1.165, 1.54) is 12.1 Å². The van der Waals surface area contributed by atoms with Gasteiger partial charge in [-0.3, -0.25) is 4.79 Å². The fourth-order valence-corrected chi connectivity index (χ4v) is 1.72. The van der Waals surface area contributed by atoms with Crippen molar-refractivity contribution in [2.45, 2.75) is 12.7 Å². The number of morpholine rings is 1. The van der Waals surface area contributed by atoms with Crippen LogP contribution in [0.2, 0.25) is 0 Å². The van der Waals surface area contributed by atoms with Crippen LogP contribution in [0.15, 0.2) is 24.3 Å². The zero-order valence-electron chi connectivity index (χ0n) is 10.1. The number of para-hydroxylation sites is 2. The summed E-state index contributed by atoms with van der Waals surface area (Å²) in [7, 11) is 0. The van der Waals surface area contributed by atoms with Crippen LogP contribution in [0.25, 0.3) is 0 Å². The number of carbonyl (C=O) groups excluding carboxylic acids is 1. The van der Waals surface area contributed by atoms with Crippen molar-refractivity contribution in [3.05, 3.63) is 24.3 Å². The minimum Gasteiger partial charge on any atom is -0.433 e. The number of carbonyl (C=O) groups is 1. The first kappa shape index (κ1) is 13.7. The number of ether oxygens (including phenoxy) is 2. The van der Waals surface area contributed by atoms with Crippen LogP contribution in [-0.4, -0.2) is 38.3 Å². The number of anilines is 1. The molecule has 1 atom stereocenters. The predicted octanol–water partition coefficient (Wildman–Crippen LogP) is 1.21. The quantitative estimate of drug-likeness (QED) is 0.865. The highest BCUT2D eigenvalue weighted by Gasteiger charge is 2.22. The van der Waals surface area contributed by atoms with Crippen LogP contribution in [0.4, 0.5) is 14.5 Å². The lowest BCUT2D eigenvalue weighted by molar-refractivity contribution is -0.128. The molecule has 1 amide bonds. The number of rotatable bonds is 4. The van der Waals surface area contributed by atoms with Gasteiger partial charge in [-0.2, -0.15) is 8.78 Å². The topological polar surface area (TPSA) is 59.6 Å². The van der Waals surface area contributed by atoms with Crippen molar-refractivity contribution in [3.63, 3.8) is 0 Å². The van der Waals surface area contributed by atoms with E-state index in [0.717, 1.165) is 0 Å². The first-order valence-corrected chi connectivity index (χ1v) is 5.84. The second-order valence-electron chi connectivity index (χ2n) is 3.93. The fraction of sp³-hybridized carbons (Fsp3) is 0.417. The smallest absolute Gasteiger partial charge is 0.387 e. The fourth-order valence-electron chi connectivity index (χ4n) is 1.72. The molecule has 1 saturated heterocycles. The first-order chi connectivity index (χ1) is 9.16. The van der Waals surface area contributed by atoms with Gasteiger partial charge in [-0.15, -0.1) is 0 Å². The molecule has 5 nitrogen and oxygen atoms in total. The van der Waals surface area contributed by atoms with Crippen LogP contribution in [-0.2, 0) is 9.53 Å². The molecule has 1 unspecified atom stereocenters. The summed E-state index contributed by atoms with van der Waals surface area (Å²) in [5, 5.41) is 5.53. The van der Waals surface area contributed by atoms with Crippen molar-refractivity contribution in [1.29, 1.82) is 0 Å². The Balaban J connectivity index is 2.03. The minimum atomic E-state index is -2.94. The van der Waals surface area contributed by atoms with Crippen molar-refractivity contribution in [1.82, 2.24) is 5.32 Å². The van der Waals surface area contributed by atoms with Crippen molar-refractivity contribution in [2.75, 3.05) is 25.0 Å². The third-order valence-electron chi connectivity index (χ3n) is 2.58. The standard InChI is InChI=1S/C12H14F2N2O3/c13-12(14)19-9-4-2-1-3-8(9)16-11(17)10-7-15-5-6-18-10/h1-4,10,12,15H,5-7H2,(H,16,17). The summed E-state index contributed by atoms with van der Waals surface area (Å²) in [5.41, 5.74) is 0.196. The Labute approximate surface area is 108 Å². The largest absolute Gasteiger partial charge is 0.433 e. The van der Waals surface area contributed by atoms with E-state index in [4.69, 9.17) is 4.74 Å². The van der Waals surface area contributed by atoms with E-state index in [9.17, 15) is 13.6 Å². The van der Waals surface area contributed by atoms with Gasteiger partial charge in [-0.25, -0.2) is 0 Å². The average molecular weight is 272 g/mol. The molecular formula is C12H14F2N2O3. The van der Waals surface area contributed by atoms with Crippen LogP contribution in [0.1, 0.15) is 0 Å². The van der Waals surface area contributed by atoms with E-state index in [1.54, 1.807) is 12.1 Å². The van der Waals surface area contributed by atoms with Gasteiger partial charge in [-0.05, 0) is 12.1 Å². The maximum absolute atomic E-state index is 12.2. The Bertz CT molecular complexity index is 437. The summed E-state index contributed by atoms with van der Waals surface area (Å²) in [6, 6.07) is 6.02. The highest BCUT2D eigenvalue weighted by molar-refractivity contribution is 5.95. The van der Waals surface area contributed by atoms with Crippen LogP contribution >= 0.6 is 0 Å². The Hall–Kier alpha value is -1.73. The van der Waals surface area contributed by atoms with E-state index in [0.29, 0.717) is 19.7 Å². The van der Waals surface area contributed by atoms with E-state index in [1.807, 2.05) is 0 Å². The van der Waals surface area contributed by atoms with E-state index < -0.39 is 18.6 Å². The molecule has 1 aliphatic heterocycles. The summed E-state index contributed by atoms with van der Waals surface area (Å²) in [6.45, 7) is -1.42. The molecule has 0 bridgehead atoms. The molecule has 0 aliphatic carbocycles. The predicted molar refractivity (Wildman–Crippen MR) is 64.3 cm³/mol. The van der Waals surface area contributed by atoms with Crippen LogP contribution in [0, 0.1) is 0 Å². The highest BCUT2D eigenvalue weighted by Crippen LogP contribution is 2.25. The summed E-state index contributed by atoms with van der Waals surface area (Å²) >= 11 is 0. The molecule has 0 aromatic heterocycles. The second kappa shape index (κ2) is 6.44. The number of hydrogen-bond acceptors (Lipinski definition) is 4. The summed E-state index contributed by atoms with van der Waals surface area (Å²) in [6.07, 6.45) is -0.631. The molecule has 1 heterocycles. The van der Waals surface area contributed by atoms with E-state index in [-0.39, 0.29) is 11.4 Å².